The van der Waals surface area contributed by atoms with E-state index < -0.39 is 17.7 Å². The van der Waals surface area contributed by atoms with Gasteiger partial charge in [-0.25, -0.2) is 8.78 Å². The highest BCUT2D eigenvalue weighted by molar-refractivity contribution is 5.23. The molecule has 1 aromatic carbocycles. The van der Waals surface area contributed by atoms with Crippen LogP contribution in [0.15, 0.2) is 18.2 Å². The molecule has 0 spiro atoms. The standard InChI is InChI=1S/C14H19F2NO2/c15-12-2-1-11(9-13(12)16)19-8-5-14(18)10-3-6-17-7-4-10/h1-2,9-10,14,17-18H,3-8H2. The summed E-state index contributed by atoms with van der Waals surface area (Å²) in [6.07, 6.45) is 2.04. The van der Waals surface area contributed by atoms with Crippen molar-refractivity contribution in [2.75, 3.05) is 19.7 Å². The average Bonchev–Trinajstić information content (AvgIpc) is 2.43. The Hall–Kier alpha value is -1.20. The summed E-state index contributed by atoms with van der Waals surface area (Å²) in [5.41, 5.74) is 0. The summed E-state index contributed by atoms with van der Waals surface area (Å²) in [5.74, 6) is -1.22. The molecule has 1 atom stereocenters. The molecule has 1 heterocycles. The van der Waals surface area contributed by atoms with E-state index in [1.165, 1.54) is 6.07 Å². The topological polar surface area (TPSA) is 41.5 Å². The first-order valence-corrected chi connectivity index (χ1v) is 6.63. The fourth-order valence-electron chi connectivity index (χ4n) is 2.33. The summed E-state index contributed by atoms with van der Waals surface area (Å²) >= 11 is 0. The van der Waals surface area contributed by atoms with Crippen molar-refractivity contribution < 1.29 is 18.6 Å². The molecule has 1 fully saturated rings. The number of nitrogens with one attached hydrogen (secondary N) is 1. The summed E-state index contributed by atoms with van der Waals surface area (Å²) in [6.45, 7) is 2.17. The van der Waals surface area contributed by atoms with E-state index in [9.17, 15) is 13.9 Å². The number of aliphatic hydroxyl groups is 1. The van der Waals surface area contributed by atoms with Crippen LogP contribution >= 0.6 is 0 Å². The largest absolute Gasteiger partial charge is 0.493 e. The molecule has 0 saturated carbocycles. The van der Waals surface area contributed by atoms with Crippen LogP contribution in [0.5, 0.6) is 5.75 Å². The van der Waals surface area contributed by atoms with Crippen LogP contribution in [0, 0.1) is 17.6 Å². The molecule has 3 nitrogen and oxygen atoms in total. The highest BCUT2D eigenvalue weighted by Crippen LogP contribution is 2.20. The van der Waals surface area contributed by atoms with Gasteiger partial charge in [-0.15, -0.1) is 0 Å². The first-order valence-electron chi connectivity index (χ1n) is 6.63. The van der Waals surface area contributed by atoms with Crippen LogP contribution in [-0.2, 0) is 0 Å². The Bertz CT molecular complexity index is 408. The van der Waals surface area contributed by atoms with Gasteiger partial charge >= 0.3 is 0 Å². The van der Waals surface area contributed by atoms with Crippen molar-refractivity contribution in [2.24, 2.45) is 5.92 Å². The van der Waals surface area contributed by atoms with Gasteiger partial charge in [-0.1, -0.05) is 0 Å². The van der Waals surface area contributed by atoms with Crippen LogP contribution in [0.25, 0.3) is 0 Å². The van der Waals surface area contributed by atoms with E-state index in [0.29, 0.717) is 18.9 Å². The zero-order valence-corrected chi connectivity index (χ0v) is 10.7. The number of hydrogen-bond donors (Lipinski definition) is 2. The lowest BCUT2D eigenvalue weighted by Crippen LogP contribution is -2.34. The Morgan fingerprint density at radius 2 is 2.00 bits per heavy atom. The molecule has 0 bridgehead atoms. The molecule has 2 rings (SSSR count). The molecular weight excluding hydrogens is 252 g/mol. The van der Waals surface area contributed by atoms with Crippen LogP contribution in [0.1, 0.15) is 19.3 Å². The second-order valence-corrected chi connectivity index (χ2v) is 4.87. The highest BCUT2D eigenvalue weighted by Gasteiger charge is 2.21. The van der Waals surface area contributed by atoms with Crippen LogP contribution in [0.3, 0.4) is 0 Å². The number of benzene rings is 1. The van der Waals surface area contributed by atoms with Crippen LogP contribution in [-0.4, -0.2) is 30.9 Å². The van der Waals surface area contributed by atoms with Crippen LogP contribution in [0.4, 0.5) is 8.78 Å². The van der Waals surface area contributed by atoms with Gasteiger partial charge in [0.2, 0.25) is 0 Å². The van der Waals surface area contributed by atoms with Crippen molar-refractivity contribution >= 4 is 0 Å². The van der Waals surface area contributed by atoms with Crippen molar-refractivity contribution in [3.8, 4) is 5.75 Å². The summed E-state index contributed by atoms with van der Waals surface area (Å²) in [6, 6.07) is 3.44. The van der Waals surface area contributed by atoms with E-state index in [4.69, 9.17) is 4.74 Å². The van der Waals surface area contributed by atoms with E-state index in [-0.39, 0.29) is 5.75 Å². The fourth-order valence-corrected chi connectivity index (χ4v) is 2.33. The van der Waals surface area contributed by atoms with Gasteiger partial charge < -0.3 is 15.2 Å². The Labute approximate surface area is 111 Å². The Morgan fingerprint density at radius 3 is 2.68 bits per heavy atom. The first-order chi connectivity index (χ1) is 9.16. The SMILES string of the molecule is OC(CCOc1ccc(F)c(F)c1)C1CCNCC1. The quantitative estimate of drug-likeness (QED) is 0.861. The van der Waals surface area contributed by atoms with Gasteiger partial charge in [0.1, 0.15) is 5.75 Å². The molecule has 106 valence electrons. The second kappa shape index (κ2) is 6.82. The molecular formula is C14H19F2NO2. The van der Waals surface area contributed by atoms with Crippen molar-refractivity contribution in [3.63, 3.8) is 0 Å². The maximum atomic E-state index is 12.9. The van der Waals surface area contributed by atoms with Gasteiger partial charge in [-0.3, -0.25) is 0 Å². The third-order valence-electron chi connectivity index (χ3n) is 3.50. The van der Waals surface area contributed by atoms with E-state index in [1.54, 1.807) is 0 Å². The molecule has 0 amide bonds. The number of rotatable bonds is 5. The van der Waals surface area contributed by atoms with Gasteiger partial charge in [0.15, 0.2) is 11.6 Å². The minimum atomic E-state index is -0.920. The van der Waals surface area contributed by atoms with Crippen molar-refractivity contribution in [3.05, 3.63) is 29.8 Å². The van der Waals surface area contributed by atoms with Crippen LogP contribution < -0.4 is 10.1 Å². The Balaban J connectivity index is 1.74. The zero-order chi connectivity index (χ0) is 13.7. The minimum absolute atomic E-state index is 0.288. The molecule has 1 aliphatic heterocycles. The maximum absolute atomic E-state index is 12.9. The molecule has 0 aliphatic carbocycles. The predicted molar refractivity (Wildman–Crippen MR) is 68.1 cm³/mol. The molecule has 1 aliphatic rings. The van der Waals surface area contributed by atoms with Crippen molar-refractivity contribution in [2.45, 2.75) is 25.4 Å². The number of aliphatic hydroxyl groups excluding tert-OH is 1. The summed E-state index contributed by atoms with van der Waals surface area (Å²) in [7, 11) is 0. The third-order valence-corrected chi connectivity index (χ3v) is 3.50. The maximum Gasteiger partial charge on any atom is 0.162 e. The van der Waals surface area contributed by atoms with Gasteiger partial charge in [0.05, 0.1) is 12.7 Å². The Kier molecular flexibility index (Phi) is 5.10. The van der Waals surface area contributed by atoms with Crippen LogP contribution in [0.2, 0.25) is 0 Å². The predicted octanol–water partition coefficient (Wildman–Crippen LogP) is 2.09. The van der Waals surface area contributed by atoms with Crippen molar-refractivity contribution in [1.29, 1.82) is 0 Å². The number of ether oxygens (including phenoxy) is 1. The van der Waals surface area contributed by atoms with Gasteiger partial charge in [-0.2, -0.15) is 0 Å². The van der Waals surface area contributed by atoms with Crippen molar-refractivity contribution in [1.82, 2.24) is 5.32 Å². The molecule has 0 aromatic heterocycles. The van der Waals surface area contributed by atoms with Gasteiger partial charge in [0, 0.05) is 12.5 Å². The molecule has 0 radical (unpaired) electrons. The number of hydrogen-bond acceptors (Lipinski definition) is 3. The normalized spacial score (nSPS) is 18.3. The molecule has 2 N–H and O–H groups in total. The van der Waals surface area contributed by atoms with E-state index in [0.717, 1.165) is 38.1 Å². The number of halogens is 2. The average molecular weight is 271 g/mol. The highest BCUT2D eigenvalue weighted by atomic mass is 19.2. The molecule has 1 aromatic rings. The smallest absolute Gasteiger partial charge is 0.162 e. The van der Waals surface area contributed by atoms with Gasteiger partial charge in [-0.05, 0) is 44.0 Å². The van der Waals surface area contributed by atoms with E-state index >= 15 is 0 Å². The molecule has 5 heteroatoms. The number of piperidine rings is 1. The summed E-state index contributed by atoms with van der Waals surface area (Å²) < 4.78 is 31.0. The van der Waals surface area contributed by atoms with E-state index in [1.807, 2.05) is 0 Å². The first kappa shape index (κ1) is 14.2. The Morgan fingerprint density at radius 1 is 1.26 bits per heavy atom. The lowest BCUT2D eigenvalue weighted by atomic mass is 9.91. The third kappa shape index (κ3) is 4.14. The van der Waals surface area contributed by atoms with E-state index in [2.05, 4.69) is 5.32 Å². The second-order valence-electron chi connectivity index (χ2n) is 4.87. The molecule has 1 saturated heterocycles. The lowest BCUT2D eigenvalue weighted by Gasteiger charge is -2.27. The molecule has 19 heavy (non-hydrogen) atoms. The zero-order valence-electron chi connectivity index (χ0n) is 10.7. The fraction of sp³-hybridized carbons (Fsp3) is 0.571. The monoisotopic (exact) mass is 271 g/mol. The lowest BCUT2D eigenvalue weighted by molar-refractivity contribution is 0.0673. The minimum Gasteiger partial charge on any atom is -0.493 e. The molecule has 1 unspecified atom stereocenters. The summed E-state index contributed by atoms with van der Waals surface area (Å²) in [5, 5.41) is 13.3. The summed E-state index contributed by atoms with van der Waals surface area (Å²) in [4.78, 5) is 0. The van der Waals surface area contributed by atoms with Gasteiger partial charge in [0.25, 0.3) is 0 Å².